The molecular weight excluding hydrogens is 1220 g/mol. The Kier molecular flexibility index (Phi) is 21.2. The molecule has 2 saturated carbocycles. The lowest BCUT2D eigenvalue weighted by molar-refractivity contribution is 0.0458. The largest absolute Gasteiger partial charge is 0.490 e. The first-order valence-electron chi connectivity index (χ1n) is 30.1. The van der Waals surface area contributed by atoms with Crippen molar-refractivity contribution in [2.24, 2.45) is 23.7 Å². The van der Waals surface area contributed by atoms with Crippen LogP contribution in [0.25, 0.3) is 0 Å². The second-order valence-corrected chi connectivity index (χ2v) is 29.1. The number of nitrogens with one attached hydrogen (secondary N) is 2. The van der Waals surface area contributed by atoms with E-state index in [-0.39, 0.29) is 71.3 Å². The number of sulfonamides is 2. The van der Waals surface area contributed by atoms with Crippen molar-refractivity contribution < 1.29 is 63.7 Å². The molecule has 476 valence electrons. The number of hydrogen-bond acceptors (Lipinski definition) is 12. The standard InChI is InChI=1S/2C33H39ClF2N2O5S/c2*1-3-5-8-30(31(35)36)44(41,42)37-32(40)22-10-14-29-27(17-22)38(18-23-9-12-25(23)28(39)4-2)19-33(20-43-29)15-6-7-21-16-24(34)11-13-26(21)33/h2*3-4,10-11,13-14,16-17,23,25,28,30-31,39H,1-2,5-9,12,15,18-20H2,(H,37,40)/t23-,25+,28-,30+,33-;23-,25+,28-,30-,33-/m00/s1. The molecule has 0 saturated heterocycles. The minimum atomic E-state index is -4.67. The molecule has 0 bridgehead atoms. The van der Waals surface area contributed by atoms with Gasteiger partial charge in [-0.1, -0.05) is 59.6 Å². The highest BCUT2D eigenvalue weighted by atomic mass is 35.5. The van der Waals surface area contributed by atoms with Gasteiger partial charge in [-0.25, -0.2) is 43.8 Å². The molecule has 0 radical (unpaired) electrons. The number of fused-ring (bicyclic) bond motifs is 6. The molecule has 4 aromatic carbocycles. The SMILES string of the molecule is C=CCC[C@@H](C(F)F)S(=O)(=O)NC(=O)c1ccc2c(c1)N(C[C@@H]1CC[C@H]1[C@@H](O)C=C)C[C@@]1(CCCc3cc(Cl)ccc31)CO2.C=CCC[C@H](C(F)F)S(=O)(=O)NC(=O)c1ccc2c(c1)N(C[C@@H]1CC[C@H]1[C@@H](O)C=C)C[C@@]1(CCCc3cc(Cl)ccc31)CO2. The van der Waals surface area contributed by atoms with Gasteiger partial charge in [0.25, 0.3) is 24.7 Å². The molecular formula is C66H78Cl2F4N4O10S2. The number of carbonyl (C=O) groups excluding carboxylic acids is 2. The highest BCUT2D eigenvalue weighted by Crippen LogP contribution is 2.49. The predicted octanol–water partition coefficient (Wildman–Crippen LogP) is 12.1. The van der Waals surface area contributed by atoms with Gasteiger partial charge < -0.3 is 29.5 Å². The Morgan fingerprint density at radius 1 is 0.614 bits per heavy atom. The van der Waals surface area contributed by atoms with E-state index in [4.69, 9.17) is 32.7 Å². The minimum Gasteiger partial charge on any atom is -0.490 e. The van der Waals surface area contributed by atoms with E-state index in [2.05, 4.69) is 48.2 Å². The molecule has 2 fully saturated rings. The highest BCUT2D eigenvalue weighted by Gasteiger charge is 2.47. The second-order valence-electron chi connectivity index (χ2n) is 24.5. The van der Waals surface area contributed by atoms with Gasteiger partial charge in [0.1, 0.15) is 22.0 Å². The zero-order valence-corrected chi connectivity index (χ0v) is 52.3. The van der Waals surface area contributed by atoms with Crippen molar-refractivity contribution in [1.82, 2.24) is 9.44 Å². The maximum Gasteiger partial charge on any atom is 0.264 e. The molecule has 2 spiro atoms. The van der Waals surface area contributed by atoms with Crippen molar-refractivity contribution in [2.45, 2.75) is 136 Å². The summed E-state index contributed by atoms with van der Waals surface area (Å²) in [6, 6.07) is 21.2. The molecule has 6 aliphatic rings. The van der Waals surface area contributed by atoms with Gasteiger partial charge in [-0.2, -0.15) is 0 Å². The quantitative estimate of drug-likeness (QED) is 0.0431. The Balaban J connectivity index is 0.000000209. The summed E-state index contributed by atoms with van der Waals surface area (Å²) in [6.45, 7) is 17.5. The summed E-state index contributed by atoms with van der Waals surface area (Å²) in [5, 5.41) is 18.4. The Morgan fingerprint density at radius 3 is 1.35 bits per heavy atom. The van der Waals surface area contributed by atoms with E-state index in [0.717, 1.165) is 64.2 Å². The summed E-state index contributed by atoms with van der Waals surface area (Å²) in [5.41, 5.74) is 5.22. The van der Waals surface area contributed by atoms with Crippen LogP contribution in [0.4, 0.5) is 28.9 Å². The Hall–Kier alpha value is -5.90. The average molecular weight is 1300 g/mol. The minimum absolute atomic E-state index is 0.0146. The van der Waals surface area contributed by atoms with E-state index < -0.39 is 67.4 Å². The number of allylic oxidation sites excluding steroid dienone is 2. The lowest BCUT2D eigenvalue weighted by Crippen LogP contribution is -2.49. The fourth-order valence-corrected chi connectivity index (χ4v) is 16.8. The number of benzene rings is 4. The van der Waals surface area contributed by atoms with Gasteiger partial charge in [0.05, 0.1) is 36.8 Å². The lowest BCUT2D eigenvalue weighted by Gasteiger charge is -2.45. The Labute approximate surface area is 524 Å². The van der Waals surface area contributed by atoms with Crippen LogP contribution in [0.1, 0.15) is 120 Å². The van der Waals surface area contributed by atoms with E-state index in [1.54, 1.807) is 36.4 Å². The van der Waals surface area contributed by atoms with Crippen LogP contribution < -0.4 is 28.7 Å². The summed E-state index contributed by atoms with van der Waals surface area (Å²) >= 11 is 12.7. The number of nitrogens with zero attached hydrogens (tertiary/aromatic N) is 2. The third-order valence-electron chi connectivity index (χ3n) is 19.0. The number of hydrogen-bond donors (Lipinski definition) is 4. The number of aliphatic hydroxyl groups excluding tert-OH is 2. The number of carbonyl (C=O) groups is 2. The Bertz CT molecular complexity index is 3260. The molecule has 10 rings (SSSR count). The molecule has 2 amide bonds. The summed E-state index contributed by atoms with van der Waals surface area (Å²) < 4.78 is 122. The van der Waals surface area contributed by atoms with Gasteiger partial charge in [0.15, 0.2) is 0 Å². The van der Waals surface area contributed by atoms with Gasteiger partial charge in [0, 0.05) is 58.2 Å². The fraction of sp³-hybridized carbons (Fsp3) is 0.485. The maximum atomic E-state index is 13.6. The van der Waals surface area contributed by atoms with Crippen molar-refractivity contribution in [3.63, 3.8) is 0 Å². The van der Waals surface area contributed by atoms with Crippen LogP contribution in [-0.2, 0) is 43.7 Å². The van der Waals surface area contributed by atoms with E-state index >= 15 is 0 Å². The molecule has 14 nitrogen and oxygen atoms in total. The van der Waals surface area contributed by atoms with Crippen molar-refractivity contribution in [2.75, 3.05) is 49.2 Å². The van der Waals surface area contributed by atoms with E-state index in [0.29, 0.717) is 72.3 Å². The topological polar surface area (TPSA) is 192 Å². The molecule has 88 heavy (non-hydrogen) atoms. The third-order valence-corrected chi connectivity index (χ3v) is 22.8. The number of aliphatic hydroxyl groups is 2. The van der Waals surface area contributed by atoms with Crippen LogP contribution in [0.15, 0.2) is 123 Å². The first-order valence-corrected chi connectivity index (χ1v) is 33.9. The molecule has 4 aliphatic carbocycles. The molecule has 2 heterocycles. The van der Waals surface area contributed by atoms with Gasteiger partial charge in [0.2, 0.25) is 20.0 Å². The molecule has 4 N–H and O–H groups in total. The first-order chi connectivity index (χ1) is 41.9. The second kappa shape index (κ2) is 28.1. The number of aryl methyl sites for hydroxylation is 2. The summed E-state index contributed by atoms with van der Waals surface area (Å²) in [4.78, 5) is 30.8. The van der Waals surface area contributed by atoms with Crippen molar-refractivity contribution >= 4 is 66.4 Å². The third kappa shape index (κ3) is 14.5. The highest BCUT2D eigenvalue weighted by molar-refractivity contribution is 7.91. The van der Waals surface area contributed by atoms with Gasteiger partial charge >= 0.3 is 0 Å². The van der Waals surface area contributed by atoms with Crippen molar-refractivity contribution in [1.29, 1.82) is 0 Å². The number of halogens is 6. The predicted molar refractivity (Wildman–Crippen MR) is 336 cm³/mol. The van der Waals surface area contributed by atoms with Crippen molar-refractivity contribution in [3.05, 3.63) is 167 Å². The number of amides is 2. The zero-order valence-electron chi connectivity index (χ0n) is 49.1. The average Bonchev–Trinajstić information content (AvgIpc) is 3.17. The van der Waals surface area contributed by atoms with Crippen LogP contribution in [0.3, 0.4) is 0 Å². The van der Waals surface area contributed by atoms with Crippen LogP contribution in [0.2, 0.25) is 10.0 Å². The van der Waals surface area contributed by atoms with E-state index in [1.807, 2.05) is 33.7 Å². The van der Waals surface area contributed by atoms with Gasteiger partial charge in [-0.3, -0.25) is 9.59 Å². The molecule has 2 aliphatic heterocycles. The number of rotatable bonds is 22. The molecule has 10 atom stereocenters. The van der Waals surface area contributed by atoms with Crippen LogP contribution in [-0.4, -0.2) is 114 Å². The molecule has 22 heteroatoms. The smallest absolute Gasteiger partial charge is 0.264 e. The lowest BCUT2D eigenvalue weighted by atomic mass is 9.68. The number of alkyl halides is 4. The molecule has 4 aromatic rings. The molecule has 0 unspecified atom stereocenters. The monoisotopic (exact) mass is 1300 g/mol. The van der Waals surface area contributed by atoms with Crippen molar-refractivity contribution in [3.8, 4) is 11.5 Å². The molecule has 0 aromatic heterocycles. The summed E-state index contributed by atoms with van der Waals surface area (Å²) in [7, 11) is -9.33. The van der Waals surface area contributed by atoms with Crippen LogP contribution in [0.5, 0.6) is 11.5 Å². The normalized spacial score (nSPS) is 24.2. The number of anilines is 2. The van der Waals surface area contributed by atoms with Crippen LogP contribution in [0, 0.1) is 23.7 Å². The zero-order chi connectivity index (χ0) is 63.3. The van der Waals surface area contributed by atoms with Crippen LogP contribution >= 0.6 is 23.2 Å². The van der Waals surface area contributed by atoms with E-state index in [9.17, 15) is 54.2 Å². The first kappa shape index (κ1) is 66.5. The van der Waals surface area contributed by atoms with Gasteiger partial charge in [-0.05, 0) is 196 Å². The van der Waals surface area contributed by atoms with E-state index in [1.165, 1.54) is 46.5 Å². The Morgan fingerprint density at radius 2 is 1.01 bits per heavy atom. The number of ether oxygens (including phenoxy) is 2. The van der Waals surface area contributed by atoms with Gasteiger partial charge in [-0.15, -0.1) is 26.3 Å². The maximum absolute atomic E-state index is 13.6. The summed E-state index contributed by atoms with van der Waals surface area (Å²) in [5.74, 6) is -0.478. The summed E-state index contributed by atoms with van der Waals surface area (Å²) in [6.07, 6.45) is 6.71. The fourth-order valence-electron chi connectivity index (χ4n) is 13.9.